The smallest absolute Gasteiger partial charge is 0.305 e. The van der Waals surface area contributed by atoms with Gasteiger partial charge in [0.15, 0.2) is 29.9 Å². The van der Waals surface area contributed by atoms with E-state index < -0.39 is 34.9 Å². The number of nitrogens with one attached hydrogen (secondary N) is 3. The number of aromatic nitrogens is 2. The zero-order valence-corrected chi connectivity index (χ0v) is 46.0. The summed E-state index contributed by atoms with van der Waals surface area (Å²) in [6.07, 6.45) is 4.54. The van der Waals surface area contributed by atoms with Crippen molar-refractivity contribution in [3.8, 4) is 11.5 Å². The molecule has 0 bridgehead atoms. The lowest BCUT2D eigenvalue weighted by Crippen LogP contribution is -2.46. The van der Waals surface area contributed by atoms with Gasteiger partial charge in [-0.2, -0.15) is 30.6 Å². The Morgan fingerprint density at radius 2 is 1.23 bits per heavy atom. The van der Waals surface area contributed by atoms with Crippen LogP contribution in [0.25, 0.3) is 20.4 Å². The van der Waals surface area contributed by atoms with Crippen molar-refractivity contribution in [3.63, 3.8) is 0 Å². The quantitative estimate of drug-likeness (QED) is 0.0395. The number of azo groups is 2. The third kappa shape index (κ3) is 11.5. The van der Waals surface area contributed by atoms with Crippen molar-refractivity contribution < 1.29 is 35.4 Å². The van der Waals surface area contributed by atoms with E-state index in [9.17, 15) is 25.9 Å². The van der Waals surface area contributed by atoms with Crippen LogP contribution in [0.3, 0.4) is 0 Å². The van der Waals surface area contributed by atoms with Crippen LogP contribution in [-0.2, 0) is 20.2 Å². The highest BCUT2D eigenvalue weighted by Crippen LogP contribution is 2.48. The number of rotatable bonds is 18. The van der Waals surface area contributed by atoms with Crippen LogP contribution in [0.5, 0.6) is 11.5 Å². The van der Waals surface area contributed by atoms with E-state index in [1.54, 1.807) is 38.1 Å². The van der Waals surface area contributed by atoms with Crippen LogP contribution in [0.1, 0.15) is 59.8 Å². The molecule has 1 saturated carbocycles. The van der Waals surface area contributed by atoms with Crippen molar-refractivity contribution in [3.05, 3.63) is 34.3 Å². The Bertz CT molecular complexity index is 3310. The minimum atomic E-state index is -4.61. The molecule has 0 amide bonds. The summed E-state index contributed by atoms with van der Waals surface area (Å²) in [6, 6.07) is 7.25. The minimum absolute atomic E-state index is 0.196. The highest BCUT2D eigenvalue weighted by atomic mass is 35.5. The van der Waals surface area contributed by atoms with Gasteiger partial charge in [-0.3, -0.25) is 9.11 Å². The summed E-state index contributed by atoms with van der Waals surface area (Å²) >= 11 is 18.0. The SMILES string of the molecule is CCN(CC)c1cc(NC2=NC(SC3CCCCC3)=NC(Nc3cc(N(CC)CC)c(OC)cc3/N=N/c3snc4sc(S(=O)(=O)O)c(Cl)c34)N2)c(/N=N/c2snc3sc(S(=O)(=O)O)c(Cl)c23)cc1OC. The number of thiophene rings is 2. The van der Waals surface area contributed by atoms with Gasteiger partial charge in [0.2, 0.25) is 5.96 Å². The molecule has 0 spiro atoms. The van der Waals surface area contributed by atoms with Gasteiger partial charge in [-0.15, -0.1) is 20.5 Å². The van der Waals surface area contributed by atoms with Crippen LogP contribution < -0.4 is 35.2 Å². The number of amidine groups is 1. The molecule has 2 aliphatic rings. The number of methoxy groups -OCH3 is 2. The van der Waals surface area contributed by atoms with Gasteiger partial charge < -0.3 is 35.2 Å². The average Bonchev–Trinajstić information content (AvgIpc) is 4.11. The van der Waals surface area contributed by atoms with E-state index in [0.29, 0.717) is 71.6 Å². The molecular formula is C41H47Cl2N13O8S7. The first-order valence-electron chi connectivity index (χ1n) is 22.0. The number of aliphatic imine (C=N–C) groups is 2. The maximum Gasteiger partial charge on any atom is 0.305 e. The molecule has 2 aromatic carbocycles. The lowest BCUT2D eigenvalue weighted by molar-refractivity contribution is 0.414. The van der Waals surface area contributed by atoms with Crippen molar-refractivity contribution >= 4 is 177 Å². The Hall–Kier alpha value is -4.49. The molecule has 30 heteroatoms. The van der Waals surface area contributed by atoms with Crippen molar-refractivity contribution in [1.29, 1.82) is 0 Å². The van der Waals surface area contributed by atoms with Gasteiger partial charge in [0, 0.05) is 43.6 Å². The first-order valence-corrected chi connectivity index (χ1v) is 29.7. The summed E-state index contributed by atoms with van der Waals surface area (Å²) in [4.78, 5) is 14.9. The Kier molecular flexibility index (Phi) is 16.6. The van der Waals surface area contributed by atoms with E-state index >= 15 is 0 Å². The highest BCUT2D eigenvalue weighted by Gasteiger charge is 2.29. The Morgan fingerprint density at radius 1 is 0.746 bits per heavy atom. The number of halogens is 2. The van der Waals surface area contributed by atoms with Gasteiger partial charge in [-0.1, -0.05) is 76.9 Å². The average molecular weight is 1150 g/mol. The van der Waals surface area contributed by atoms with Crippen molar-refractivity contribution in [2.75, 3.05) is 60.8 Å². The second-order valence-corrected chi connectivity index (χ2v) is 24.3. The molecule has 21 nitrogen and oxygen atoms in total. The third-order valence-electron chi connectivity index (χ3n) is 11.3. The Balaban J connectivity index is 1.20. The van der Waals surface area contributed by atoms with Gasteiger partial charge >= 0.3 is 20.2 Å². The molecule has 6 aromatic rings. The van der Waals surface area contributed by atoms with E-state index in [4.69, 9.17) is 42.7 Å². The van der Waals surface area contributed by atoms with Gasteiger partial charge in [0.1, 0.15) is 32.5 Å². The van der Waals surface area contributed by atoms with E-state index in [0.717, 1.165) is 82.8 Å². The number of hydrogen-bond donors (Lipinski definition) is 5. The number of benzene rings is 2. The molecule has 1 aliphatic heterocycles. The molecule has 8 rings (SSSR count). The largest absolute Gasteiger partial charge is 0.494 e. The van der Waals surface area contributed by atoms with Crippen molar-refractivity contribution in [2.45, 2.75) is 79.8 Å². The Labute approximate surface area is 439 Å². The summed E-state index contributed by atoms with van der Waals surface area (Å²) < 4.78 is 87.4. The Morgan fingerprint density at radius 3 is 1.69 bits per heavy atom. The lowest BCUT2D eigenvalue weighted by Gasteiger charge is -2.29. The van der Waals surface area contributed by atoms with E-state index in [-0.39, 0.29) is 45.7 Å². The number of thioether (sulfide) groups is 1. The van der Waals surface area contributed by atoms with Gasteiger partial charge in [-0.25, -0.2) is 4.99 Å². The molecule has 1 fully saturated rings. The van der Waals surface area contributed by atoms with Crippen LogP contribution >= 0.6 is 80.7 Å². The summed E-state index contributed by atoms with van der Waals surface area (Å²) in [6.45, 7) is 10.8. The highest BCUT2D eigenvalue weighted by molar-refractivity contribution is 8.14. The number of ether oxygens (including phenoxy) is 2. The monoisotopic (exact) mass is 1140 g/mol. The molecule has 4 aromatic heterocycles. The summed E-state index contributed by atoms with van der Waals surface area (Å²) in [5.41, 5.74) is 3.18. The van der Waals surface area contributed by atoms with E-state index in [1.807, 2.05) is 39.8 Å². The van der Waals surface area contributed by atoms with Crippen LogP contribution in [0.4, 0.5) is 44.1 Å². The summed E-state index contributed by atoms with van der Waals surface area (Å²) in [7, 11) is -6.10. The fourth-order valence-corrected chi connectivity index (χ4v) is 15.6. The van der Waals surface area contributed by atoms with Crippen LogP contribution in [0.2, 0.25) is 10.0 Å². The number of nitrogens with zero attached hydrogens (tertiary/aromatic N) is 10. The predicted octanol–water partition coefficient (Wildman–Crippen LogP) is 12.6. The van der Waals surface area contributed by atoms with Crippen LogP contribution in [0, 0.1) is 0 Å². The van der Waals surface area contributed by atoms with E-state index in [2.05, 4.69) is 55.0 Å². The molecule has 1 atom stereocenters. The molecule has 1 unspecified atom stereocenters. The molecule has 5 heterocycles. The van der Waals surface area contributed by atoms with Crippen molar-refractivity contribution in [2.24, 2.45) is 30.4 Å². The second kappa shape index (κ2) is 22.3. The van der Waals surface area contributed by atoms with Gasteiger partial charge in [0.25, 0.3) is 0 Å². The topological polar surface area (TPSA) is 270 Å². The molecule has 0 saturated heterocycles. The van der Waals surface area contributed by atoms with Crippen molar-refractivity contribution in [1.82, 2.24) is 14.1 Å². The fraction of sp³-hybridized carbons (Fsp3) is 0.415. The molecule has 0 radical (unpaired) electrons. The number of fused-ring (bicyclic) bond motifs is 2. The first kappa shape index (κ1) is 52.8. The summed E-state index contributed by atoms with van der Waals surface area (Å²) in [5, 5.41) is 30.0. The fourth-order valence-electron chi connectivity index (χ4n) is 7.86. The van der Waals surface area contributed by atoms with Crippen LogP contribution in [0.15, 0.2) is 63.1 Å². The number of hydrogen-bond acceptors (Lipinski definition) is 24. The molecule has 1 aliphatic carbocycles. The molecule has 5 N–H and O–H groups in total. The lowest BCUT2D eigenvalue weighted by atomic mass is 10.0. The maximum atomic E-state index is 12.1. The zero-order chi connectivity index (χ0) is 50.8. The first-order chi connectivity index (χ1) is 34.0. The minimum Gasteiger partial charge on any atom is -0.494 e. The number of anilines is 4. The molecular weight excluding hydrogens is 1100 g/mol. The predicted molar refractivity (Wildman–Crippen MR) is 290 cm³/mol. The standard InChI is InChI=1S/C41H47Cl2N13O8S7/c1-7-55(8-2)25-16-21(23(18-27(25)63-5)49-51-33-29-31(42)37(70(57,58)59)66-35(29)53-68-33)44-39-46-40(48-41(47-39)65-20-14-12-11-13-15-20)45-22-17-26(56(9-3)10-4)28(64-6)19-24(22)50-52-34-30-32(43)38(71(60,61)62)67-36(30)54-69-34/h16-20,39,44H,7-15H2,1-6H3,(H,57,58,59)(H,60,61,62)(H2,45,46,47,48)/b51-49+,52-50+. The zero-order valence-electron chi connectivity index (χ0n) is 38.8. The third-order valence-corrected chi connectivity index (χ3v) is 20.3. The molecule has 71 heavy (non-hydrogen) atoms. The second-order valence-electron chi connectivity index (χ2n) is 15.6. The maximum absolute atomic E-state index is 12.1. The normalized spacial score (nSPS) is 15.9. The van der Waals surface area contributed by atoms with Gasteiger partial charge in [-0.05, 0) is 75.7 Å². The summed E-state index contributed by atoms with van der Waals surface area (Å²) in [5.74, 6) is 1.35. The van der Waals surface area contributed by atoms with Gasteiger partial charge in [0.05, 0.1) is 57.8 Å². The number of guanidine groups is 1. The molecule has 380 valence electrons. The van der Waals surface area contributed by atoms with Crippen LogP contribution in [-0.4, -0.2) is 97.8 Å². The van der Waals surface area contributed by atoms with E-state index in [1.165, 1.54) is 6.42 Å².